The monoisotopic (exact) mass is 262 g/mol. The van der Waals surface area contributed by atoms with Crippen LogP contribution in [0.4, 0.5) is 5.69 Å². The van der Waals surface area contributed by atoms with Crippen LogP contribution in [-0.2, 0) is 0 Å². The van der Waals surface area contributed by atoms with Crippen molar-refractivity contribution in [3.8, 4) is 0 Å². The molecule has 0 spiro atoms. The maximum atomic E-state index is 5.64. The average Bonchev–Trinajstić information content (AvgIpc) is 2.53. The molecule has 1 aromatic heterocycles. The minimum atomic E-state index is 0.620. The summed E-state index contributed by atoms with van der Waals surface area (Å²) in [5, 5.41) is 1.02. The Bertz CT molecular complexity index is 745. The Hall–Kier alpha value is -2.72. The molecule has 4 nitrogen and oxygen atoms in total. The fourth-order valence-electron chi connectivity index (χ4n) is 2.10. The summed E-state index contributed by atoms with van der Waals surface area (Å²) in [4.78, 5) is 8.89. The van der Waals surface area contributed by atoms with Crippen molar-refractivity contribution in [2.75, 3.05) is 0 Å². The first-order chi connectivity index (χ1) is 9.88. The van der Waals surface area contributed by atoms with Crippen molar-refractivity contribution in [3.05, 3.63) is 72.4 Å². The van der Waals surface area contributed by atoms with Crippen LogP contribution in [0.3, 0.4) is 0 Å². The molecule has 20 heavy (non-hydrogen) atoms. The summed E-state index contributed by atoms with van der Waals surface area (Å²) in [6, 6.07) is 19.5. The Morgan fingerprint density at radius 1 is 0.950 bits per heavy atom. The van der Waals surface area contributed by atoms with Crippen LogP contribution in [0.5, 0.6) is 0 Å². The zero-order chi connectivity index (χ0) is 13.8. The molecule has 0 unspecified atom stereocenters. The van der Waals surface area contributed by atoms with Gasteiger partial charge in [-0.15, -0.1) is 0 Å². The van der Waals surface area contributed by atoms with Crippen LogP contribution in [0.1, 0.15) is 5.56 Å². The van der Waals surface area contributed by atoms with Crippen molar-refractivity contribution in [2.24, 2.45) is 10.8 Å². The SMILES string of the molecule is NNC(=Nc1ccccc1)c1ccnc2ccccc12. The molecule has 98 valence electrons. The molecular weight excluding hydrogens is 248 g/mol. The van der Waals surface area contributed by atoms with Crippen molar-refractivity contribution >= 4 is 22.4 Å². The van der Waals surface area contributed by atoms with E-state index in [2.05, 4.69) is 15.4 Å². The first kappa shape index (κ1) is 12.3. The van der Waals surface area contributed by atoms with E-state index in [1.165, 1.54) is 0 Å². The molecule has 0 aliphatic carbocycles. The highest BCUT2D eigenvalue weighted by atomic mass is 15.2. The summed E-state index contributed by atoms with van der Waals surface area (Å²) in [6.45, 7) is 0. The molecule has 0 atom stereocenters. The molecule has 0 aliphatic rings. The van der Waals surface area contributed by atoms with E-state index < -0.39 is 0 Å². The fourth-order valence-corrected chi connectivity index (χ4v) is 2.10. The third kappa shape index (κ3) is 2.37. The van der Waals surface area contributed by atoms with Gasteiger partial charge >= 0.3 is 0 Å². The van der Waals surface area contributed by atoms with Crippen molar-refractivity contribution in [2.45, 2.75) is 0 Å². The van der Waals surface area contributed by atoms with Crippen LogP contribution in [0.15, 0.2) is 71.9 Å². The number of hydrazine groups is 1. The number of fused-ring (bicyclic) bond motifs is 1. The zero-order valence-electron chi connectivity index (χ0n) is 10.8. The molecule has 0 aliphatic heterocycles. The number of hydrogen-bond acceptors (Lipinski definition) is 3. The molecule has 2 aromatic carbocycles. The number of rotatable bonds is 2. The first-order valence-corrected chi connectivity index (χ1v) is 6.33. The van der Waals surface area contributed by atoms with Gasteiger partial charge in [0.05, 0.1) is 11.2 Å². The van der Waals surface area contributed by atoms with Gasteiger partial charge in [0.2, 0.25) is 0 Å². The molecule has 3 rings (SSSR count). The molecular formula is C16H14N4. The molecule has 0 saturated heterocycles. The Kier molecular flexibility index (Phi) is 3.39. The third-order valence-corrected chi connectivity index (χ3v) is 3.04. The lowest BCUT2D eigenvalue weighted by molar-refractivity contribution is 1.02. The summed E-state index contributed by atoms with van der Waals surface area (Å²) in [6.07, 6.45) is 1.76. The van der Waals surface area contributed by atoms with Gasteiger partial charge < -0.3 is 5.43 Å². The summed E-state index contributed by atoms with van der Waals surface area (Å²) < 4.78 is 0. The largest absolute Gasteiger partial charge is 0.308 e. The van der Waals surface area contributed by atoms with Gasteiger partial charge in [0.25, 0.3) is 0 Å². The van der Waals surface area contributed by atoms with Crippen LogP contribution in [-0.4, -0.2) is 10.8 Å². The van der Waals surface area contributed by atoms with Crippen LogP contribution in [0.2, 0.25) is 0 Å². The number of nitrogens with one attached hydrogen (secondary N) is 1. The average molecular weight is 262 g/mol. The first-order valence-electron chi connectivity index (χ1n) is 6.33. The lowest BCUT2D eigenvalue weighted by Crippen LogP contribution is -2.31. The number of nitrogens with two attached hydrogens (primary N) is 1. The lowest BCUT2D eigenvalue weighted by Gasteiger charge is -2.09. The third-order valence-electron chi connectivity index (χ3n) is 3.04. The Morgan fingerprint density at radius 2 is 1.70 bits per heavy atom. The van der Waals surface area contributed by atoms with Crippen LogP contribution in [0, 0.1) is 0 Å². The highest BCUT2D eigenvalue weighted by Crippen LogP contribution is 2.18. The number of amidine groups is 1. The molecule has 3 aromatic rings. The normalized spacial score (nSPS) is 11.6. The highest BCUT2D eigenvalue weighted by Gasteiger charge is 2.07. The number of hydrogen-bond donors (Lipinski definition) is 2. The predicted molar refractivity (Wildman–Crippen MR) is 81.7 cm³/mol. The summed E-state index contributed by atoms with van der Waals surface area (Å²) in [5.74, 6) is 6.26. The van der Waals surface area contributed by atoms with E-state index >= 15 is 0 Å². The minimum absolute atomic E-state index is 0.620. The lowest BCUT2D eigenvalue weighted by atomic mass is 10.1. The van der Waals surface area contributed by atoms with Crippen molar-refractivity contribution in [1.82, 2.24) is 10.4 Å². The number of benzene rings is 2. The van der Waals surface area contributed by atoms with E-state index in [4.69, 9.17) is 5.84 Å². The predicted octanol–water partition coefficient (Wildman–Crippen LogP) is 2.78. The molecule has 3 N–H and O–H groups in total. The summed E-state index contributed by atoms with van der Waals surface area (Å²) in [7, 11) is 0. The number of para-hydroxylation sites is 2. The van der Waals surface area contributed by atoms with E-state index in [1.807, 2.05) is 60.7 Å². The van der Waals surface area contributed by atoms with Gasteiger partial charge in [0.1, 0.15) is 5.84 Å². The van der Waals surface area contributed by atoms with Gasteiger partial charge in [-0.1, -0.05) is 36.4 Å². The van der Waals surface area contributed by atoms with E-state index in [1.54, 1.807) is 6.20 Å². The van der Waals surface area contributed by atoms with E-state index in [0.29, 0.717) is 5.84 Å². The second-order valence-electron chi connectivity index (χ2n) is 4.32. The molecule has 4 heteroatoms. The van der Waals surface area contributed by atoms with Crippen molar-refractivity contribution in [1.29, 1.82) is 0 Å². The maximum absolute atomic E-state index is 5.64. The molecule has 0 amide bonds. The quantitative estimate of drug-likeness (QED) is 0.323. The van der Waals surface area contributed by atoms with Gasteiger partial charge in [-0.3, -0.25) is 4.98 Å². The highest BCUT2D eigenvalue weighted by molar-refractivity contribution is 6.09. The van der Waals surface area contributed by atoms with Gasteiger partial charge in [-0.05, 0) is 24.3 Å². The second-order valence-corrected chi connectivity index (χ2v) is 4.32. The number of nitrogens with zero attached hydrogens (tertiary/aromatic N) is 2. The van der Waals surface area contributed by atoms with Gasteiger partial charge in [-0.2, -0.15) is 0 Å². The topological polar surface area (TPSA) is 63.3 Å². The van der Waals surface area contributed by atoms with Crippen molar-refractivity contribution in [3.63, 3.8) is 0 Å². The summed E-state index contributed by atoms with van der Waals surface area (Å²) in [5.41, 5.74) is 5.38. The zero-order valence-corrected chi connectivity index (χ0v) is 10.8. The van der Waals surface area contributed by atoms with E-state index in [9.17, 15) is 0 Å². The fraction of sp³-hybridized carbons (Fsp3) is 0. The second kappa shape index (κ2) is 5.50. The molecule has 0 radical (unpaired) electrons. The molecule has 0 saturated carbocycles. The van der Waals surface area contributed by atoms with E-state index in [-0.39, 0.29) is 0 Å². The van der Waals surface area contributed by atoms with Gasteiger partial charge in [0, 0.05) is 17.1 Å². The molecule has 1 heterocycles. The Labute approximate surface area is 117 Å². The summed E-state index contributed by atoms with van der Waals surface area (Å²) >= 11 is 0. The van der Waals surface area contributed by atoms with Crippen molar-refractivity contribution < 1.29 is 0 Å². The molecule has 0 bridgehead atoms. The number of pyridine rings is 1. The number of aliphatic imine (C=N–C) groups is 1. The molecule has 0 fully saturated rings. The van der Waals surface area contributed by atoms with Gasteiger partial charge in [-0.25, -0.2) is 10.8 Å². The number of aromatic nitrogens is 1. The minimum Gasteiger partial charge on any atom is -0.308 e. The standard InChI is InChI=1S/C16H14N4/c17-20-16(19-12-6-2-1-3-7-12)14-10-11-18-15-9-5-4-8-13(14)15/h1-11H,17H2,(H,19,20). The van der Waals surface area contributed by atoms with Crippen LogP contribution in [0.25, 0.3) is 10.9 Å². The smallest absolute Gasteiger partial charge is 0.148 e. The maximum Gasteiger partial charge on any atom is 0.148 e. The van der Waals surface area contributed by atoms with Crippen LogP contribution < -0.4 is 11.3 Å². The van der Waals surface area contributed by atoms with Crippen LogP contribution >= 0.6 is 0 Å². The van der Waals surface area contributed by atoms with E-state index in [0.717, 1.165) is 22.2 Å². The Morgan fingerprint density at radius 3 is 2.50 bits per heavy atom. The Balaban J connectivity index is 2.15. The van der Waals surface area contributed by atoms with Gasteiger partial charge in [0.15, 0.2) is 0 Å².